The van der Waals surface area contributed by atoms with Gasteiger partial charge >= 0.3 is 5.97 Å². The molecule has 0 radical (unpaired) electrons. The molecule has 128 valence electrons. The molecule has 6 nitrogen and oxygen atoms in total. The first-order chi connectivity index (χ1) is 12.2. The summed E-state index contributed by atoms with van der Waals surface area (Å²) >= 11 is 0. The maximum Gasteiger partial charge on any atom is 0.319 e. The van der Waals surface area contributed by atoms with Gasteiger partial charge in [0.1, 0.15) is 6.04 Å². The summed E-state index contributed by atoms with van der Waals surface area (Å²) in [6.45, 7) is 1.96. The van der Waals surface area contributed by atoms with E-state index in [1.807, 2.05) is 48.5 Å². The number of nitrogens with zero attached hydrogens (tertiary/aromatic N) is 1. The molecule has 2 aromatic rings. The Morgan fingerprint density at radius 1 is 1.16 bits per heavy atom. The highest BCUT2D eigenvalue weighted by atomic mass is 16.5. The maximum atomic E-state index is 12.7. The summed E-state index contributed by atoms with van der Waals surface area (Å²) in [5.74, 6) is -0.679. The van der Waals surface area contributed by atoms with Crippen molar-refractivity contribution >= 4 is 29.0 Å². The van der Waals surface area contributed by atoms with E-state index in [1.165, 1.54) is 0 Å². The minimum absolute atomic E-state index is 0.0753. The fraction of sp³-hybridized carbons (Fsp3) is 0.211. The third-order valence-corrected chi connectivity index (χ3v) is 3.76. The fourth-order valence-corrected chi connectivity index (χ4v) is 2.63. The summed E-state index contributed by atoms with van der Waals surface area (Å²) in [4.78, 5) is 29.1. The van der Waals surface area contributed by atoms with Crippen LogP contribution in [0.3, 0.4) is 0 Å². The molecule has 0 saturated heterocycles. The van der Waals surface area contributed by atoms with Crippen LogP contribution in [0.25, 0.3) is 0 Å². The summed E-state index contributed by atoms with van der Waals surface area (Å²) in [7, 11) is 0. The number of rotatable bonds is 5. The van der Waals surface area contributed by atoms with E-state index < -0.39 is 12.0 Å². The third-order valence-electron chi connectivity index (χ3n) is 3.76. The van der Waals surface area contributed by atoms with Gasteiger partial charge in [0, 0.05) is 0 Å². The number of carbonyl (C=O) groups excluding carboxylic acids is 2. The Kier molecular flexibility index (Phi) is 5.20. The number of nitrogens with one attached hydrogen (secondary N) is 2. The largest absolute Gasteiger partial charge is 0.465 e. The first kappa shape index (κ1) is 16.9. The molecular weight excluding hydrogens is 318 g/mol. The number of hydrogen-bond donors (Lipinski definition) is 2. The Labute approximate surface area is 145 Å². The zero-order valence-corrected chi connectivity index (χ0v) is 13.9. The highest BCUT2D eigenvalue weighted by molar-refractivity contribution is 6.22. The predicted octanol–water partition coefficient (Wildman–Crippen LogP) is 2.28. The van der Waals surface area contributed by atoms with E-state index >= 15 is 0 Å². The Morgan fingerprint density at radius 3 is 2.64 bits per heavy atom. The lowest BCUT2D eigenvalue weighted by molar-refractivity contribution is -0.142. The van der Waals surface area contributed by atoms with Gasteiger partial charge < -0.3 is 10.1 Å². The minimum atomic E-state index is -0.765. The molecule has 2 N–H and O–H groups in total. The first-order valence-corrected chi connectivity index (χ1v) is 8.12. The molecule has 0 bridgehead atoms. The van der Waals surface area contributed by atoms with Gasteiger partial charge in [-0.25, -0.2) is 4.99 Å². The van der Waals surface area contributed by atoms with Crippen LogP contribution in [0.1, 0.15) is 12.5 Å². The Balaban J connectivity index is 1.97. The second-order valence-electron chi connectivity index (χ2n) is 5.49. The first-order valence-electron chi connectivity index (χ1n) is 8.12. The predicted molar refractivity (Wildman–Crippen MR) is 96.1 cm³/mol. The number of fused-ring (bicyclic) bond motifs is 1. The number of benzene rings is 2. The van der Waals surface area contributed by atoms with Crippen molar-refractivity contribution in [2.24, 2.45) is 4.99 Å². The van der Waals surface area contributed by atoms with Crippen molar-refractivity contribution < 1.29 is 14.3 Å². The van der Waals surface area contributed by atoms with E-state index in [0.717, 1.165) is 5.56 Å². The summed E-state index contributed by atoms with van der Waals surface area (Å²) in [6, 6.07) is 16.0. The fourth-order valence-electron chi connectivity index (χ4n) is 2.63. The van der Waals surface area contributed by atoms with Crippen LogP contribution >= 0.6 is 0 Å². The zero-order chi connectivity index (χ0) is 17.6. The van der Waals surface area contributed by atoms with Crippen LogP contribution in [0.15, 0.2) is 59.6 Å². The van der Waals surface area contributed by atoms with Crippen molar-refractivity contribution in [2.45, 2.75) is 13.0 Å². The number of aliphatic imine (C=N–C) groups is 1. The van der Waals surface area contributed by atoms with Crippen LogP contribution < -0.4 is 10.6 Å². The highest BCUT2D eigenvalue weighted by Crippen LogP contribution is 2.28. The lowest BCUT2D eigenvalue weighted by Crippen LogP contribution is -2.48. The lowest BCUT2D eigenvalue weighted by atomic mass is 10.0. The van der Waals surface area contributed by atoms with Gasteiger partial charge in [-0.15, -0.1) is 0 Å². The van der Waals surface area contributed by atoms with Crippen molar-refractivity contribution in [3.05, 3.63) is 60.2 Å². The molecule has 0 saturated carbocycles. The van der Waals surface area contributed by atoms with Crippen LogP contribution in [0.5, 0.6) is 0 Å². The standard InChI is InChI=1S/C19H19N3O3/c1-2-25-16(23)12-20-18-17(13-8-4-3-5-9-13)21-14-10-6-7-11-15(14)22-19(18)24/h3-11,18,20H,2,12H2,1H3,(H,22,24). The number of carbonyl (C=O) groups is 2. The zero-order valence-electron chi connectivity index (χ0n) is 13.9. The van der Waals surface area contributed by atoms with Crippen molar-refractivity contribution in [3.63, 3.8) is 0 Å². The molecule has 2 aromatic carbocycles. The average molecular weight is 337 g/mol. The Bertz CT molecular complexity index is 803. The van der Waals surface area contributed by atoms with Crippen molar-refractivity contribution in [2.75, 3.05) is 18.5 Å². The smallest absolute Gasteiger partial charge is 0.319 e. The molecule has 0 spiro atoms. The molecule has 1 unspecified atom stereocenters. The molecule has 1 aliphatic rings. The molecule has 1 heterocycles. The van der Waals surface area contributed by atoms with Gasteiger partial charge in [-0.2, -0.15) is 0 Å². The summed E-state index contributed by atoms with van der Waals surface area (Å²) in [5.41, 5.74) is 2.69. The molecule has 6 heteroatoms. The molecule has 1 amide bonds. The molecule has 1 aliphatic heterocycles. The van der Waals surface area contributed by atoms with E-state index in [0.29, 0.717) is 23.7 Å². The highest BCUT2D eigenvalue weighted by Gasteiger charge is 2.29. The molecule has 0 aliphatic carbocycles. The SMILES string of the molecule is CCOC(=O)CNC1C(=O)Nc2ccccc2N=C1c1ccccc1. The number of anilines is 1. The summed E-state index contributed by atoms with van der Waals surface area (Å²) in [6.07, 6.45) is 0. The van der Waals surface area contributed by atoms with Gasteiger partial charge in [-0.1, -0.05) is 42.5 Å². The molecule has 1 atom stereocenters. The van der Waals surface area contributed by atoms with Crippen molar-refractivity contribution in [3.8, 4) is 0 Å². The topological polar surface area (TPSA) is 79.8 Å². The monoisotopic (exact) mass is 337 g/mol. The molecular formula is C19H19N3O3. The van der Waals surface area contributed by atoms with Crippen molar-refractivity contribution in [1.29, 1.82) is 0 Å². The van der Waals surface area contributed by atoms with Gasteiger partial charge in [0.05, 0.1) is 30.2 Å². The quantitative estimate of drug-likeness (QED) is 0.821. The van der Waals surface area contributed by atoms with Crippen LogP contribution in [-0.4, -0.2) is 36.8 Å². The summed E-state index contributed by atoms with van der Waals surface area (Å²) < 4.78 is 4.93. The summed E-state index contributed by atoms with van der Waals surface area (Å²) in [5, 5.41) is 5.82. The van der Waals surface area contributed by atoms with E-state index in [2.05, 4.69) is 15.6 Å². The molecule has 3 rings (SSSR count). The number of amides is 1. The van der Waals surface area contributed by atoms with Crippen LogP contribution in [0.2, 0.25) is 0 Å². The number of hydrogen-bond acceptors (Lipinski definition) is 5. The number of para-hydroxylation sites is 2. The van der Waals surface area contributed by atoms with Crippen LogP contribution in [0.4, 0.5) is 11.4 Å². The molecule has 0 aromatic heterocycles. The Morgan fingerprint density at radius 2 is 1.88 bits per heavy atom. The Hall–Kier alpha value is -2.99. The van der Waals surface area contributed by atoms with Crippen LogP contribution in [-0.2, 0) is 14.3 Å². The maximum absolute atomic E-state index is 12.7. The van der Waals surface area contributed by atoms with Gasteiger partial charge in [0.15, 0.2) is 0 Å². The van der Waals surface area contributed by atoms with Gasteiger partial charge in [0.25, 0.3) is 0 Å². The van der Waals surface area contributed by atoms with Crippen molar-refractivity contribution in [1.82, 2.24) is 5.32 Å². The van der Waals surface area contributed by atoms with E-state index in [-0.39, 0.29) is 12.5 Å². The normalized spacial score (nSPS) is 16.3. The average Bonchev–Trinajstić information content (AvgIpc) is 2.77. The van der Waals surface area contributed by atoms with E-state index in [1.54, 1.807) is 13.0 Å². The van der Waals surface area contributed by atoms with E-state index in [4.69, 9.17) is 4.74 Å². The van der Waals surface area contributed by atoms with Gasteiger partial charge in [-0.3, -0.25) is 14.9 Å². The van der Waals surface area contributed by atoms with Gasteiger partial charge in [0.2, 0.25) is 5.91 Å². The number of esters is 1. The van der Waals surface area contributed by atoms with E-state index in [9.17, 15) is 9.59 Å². The molecule has 25 heavy (non-hydrogen) atoms. The number of ether oxygens (including phenoxy) is 1. The third kappa shape index (κ3) is 3.92. The van der Waals surface area contributed by atoms with Gasteiger partial charge in [-0.05, 0) is 24.6 Å². The second kappa shape index (κ2) is 7.72. The lowest BCUT2D eigenvalue weighted by Gasteiger charge is -2.18. The second-order valence-corrected chi connectivity index (χ2v) is 5.49. The minimum Gasteiger partial charge on any atom is -0.465 e. The molecule has 0 fully saturated rings. The van der Waals surface area contributed by atoms with Crippen LogP contribution in [0, 0.1) is 0 Å².